The van der Waals surface area contributed by atoms with Crippen molar-refractivity contribution in [1.29, 1.82) is 0 Å². The molecule has 4 rings (SSSR count). The van der Waals surface area contributed by atoms with Gasteiger partial charge >= 0.3 is 0 Å². The number of carbonyl (C=O) groups excluding carboxylic acids is 1. The third kappa shape index (κ3) is 6.60. The van der Waals surface area contributed by atoms with E-state index in [0.717, 1.165) is 38.2 Å². The number of hydrogen-bond acceptors (Lipinski definition) is 6. The Morgan fingerprint density at radius 3 is 2.67 bits per heavy atom. The molecule has 0 aliphatic carbocycles. The zero-order valence-electron chi connectivity index (χ0n) is 20.8. The Kier molecular flexibility index (Phi) is 9.32. The molecule has 1 amide bonds. The van der Waals surface area contributed by atoms with Crippen LogP contribution in [0.1, 0.15) is 48.8 Å². The second-order valence-corrected chi connectivity index (χ2v) is 15.1. The largest absolute Gasteiger partial charge is 0.486 e. The predicted molar refractivity (Wildman–Crippen MR) is 156 cm³/mol. The first-order valence-corrected chi connectivity index (χ1v) is 14.8. The van der Waals surface area contributed by atoms with Gasteiger partial charge in [0, 0.05) is 51.5 Å². The van der Waals surface area contributed by atoms with Crippen LogP contribution in [-0.2, 0) is 4.74 Å². The number of likely N-dealkylation sites (tertiary alicyclic amines) is 1. The summed E-state index contributed by atoms with van der Waals surface area (Å²) in [7, 11) is 1.70. The summed E-state index contributed by atoms with van der Waals surface area (Å²) in [5.74, 6) is -0.574. The van der Waals surface area contributed by atoms with Crippen LogP contribution in [0.3, 0.4) is 0 Å². The van der Waals surface area contributed by atoms with Crippen molar-refractivity contribution in [3.8, 4) is 5.75 Å². The highest BCUT2D eigenvalue weighted by Crippen LogP contribution is 2.38. The normalized spacial score (nSPS) is 20.2. The summed E-state index contributed by atoms with van der Waals surface area (Å²) in [6.45, 7) is 7.40. The van der Waals surface area contributed by atoms with E-state index in [1.54, 1.807) is 24.2 Å². The van der Waals surface area contributed by atoms with Crippen molar-refractivity contribution in [3.63, 3.8) is 0 Å². The number of benzene rings is 1. The van der Waals surface area contributed by atoms with Gasteiger partial charge in [0.15, 0.2) is 11.6 Å². The van der Waals surface area contributed by atoms with Crippen LogP contribution in [-0.4, -0.2) is 74.1 Å². The number of halogens is 3. The number of aromatic nitrogens is 1. The number of piperidine rings is 1. The minimum Gasteiger partial charge on any atom is -0.486 e. The van der Waals surface area contributed by atoms with Gasteiger partial charge in [-0.2, -0.15) is 0 Å². The van der Waals surface area contributed by atoms with Crippen molar-refractivity contribution in [3.05, 3.63) is 53.6 Å². The van der Waals surface area contributed by atoms with Crippen LogP contribution in [0.15, 0.2) is 36.5 Å². The van der Waals surface area contributed by atoms with E-state index in [9.17, 15) is 9.18 Å². The number of hydrogen-bond donors (Lipinski definition) is 1. The second kappa shape index (κ2) is 12.1. The van der Waals surface area contributed by atoms with Crippen LogP contribution in [0.25, 0.3) is 0 Å². The van der Waals surface area contributed by atoms with Crippen LogP contribution in [0, 0.1) is 5.82 Å². The summed E-state index contributed by atoms with van der Waals surface area (Å²) in [5, 5.41) is 2.96. The molecule has 7 nitrogen and oxygen atoms in total. The molecule has 1 aromatic carbocycles. The third-order valence-electron chi connectivity index (χ3n) is 6.62. The monoisotopic (exact) mass is 722 g/mol. The SMILES string of the molecule is CNc1cc(C(=O)N2CCC3(CC2)CN(CC(I)I)CC(c2ccccn2)O3)cc(F)c1OC(C)C. The maximum absolute atomic E-state index is 14.9. The van der Waals surface area contributed by atoms with Crippen LogP contribution in [0.5, 0.6) is 5.75 Å². The molecule has 1 N–H and O–H groups in total. The Hall–Kier alpha value is -1.25. The van der Waals surface area contributed by atoms with Crippen LogP contribution >= 0.6 is 45.2 Å². The van der Waals surface area contributed by atoms with Crippen molar-refractivity contribution < 1.29 is 18.7 Å². The molecule has 2 aliphatic rings. The van der Waals surface area contributed by atoms with Crippen LogP contribution in [0.2, 0.25) is 0 Å². The highest BCUT2D eigenvalue weighted by Gasteiger charge is 2.44. The number of nitrogens with zero attached hydrogens (tertiary/aromatic N) is 3. The molecular formula is C26H33FI2N4O3. The van der Waals surface area contributed by atoms with Gasteiger partial charge in [0.25, 0.3) is 5.91 Å². The Balaban J connectivity index is 1.49. The van der Waals surface area contributed by atoms with E-state index in [2.05, 4.69) is 60.4 Å². The lowest BCUT2D eigenvalue weighted by molar-refractivity contribution is -0.175. The van der Waals surface area contributed by atoms with Crippen molar-refractivity contribution in [2.24, 2.45) is 0 Å². The van der Waals surface area contributed by atoms with Gasteiger partial charge in [0.1, 0.15) is 6.10 Å². The van der Waals surface area contributed by atoms with Gasteiger partial charge in [-0.05, 0) is 51.0 Å². The molecule has 1 spiro atoms. The van der Waals surface area contributed by atoms with E-state index < -0.39 is 5.82 Å². The number of pyridine rings is 1. The molecule has 10 heteroatoms. The Morgan fingerprint density at radius 1 is 1.31 bits per heavy atom. The minimum absolute atomic E-state index is 0.102. The smallest absolute Gasteiger partial charge is 0.254 e. The van der Waals surface area contributed by atoms with E-state index in [1.807, 2.05) is 32.0 Å². The molecule has 1 aromatic heterocycles. The first kappa shape index (κ1) is 27.8. The summed E-state index contributed by atoms with van der Waals surface area (Å²) in [4.78, 5) is 22.2. The quantitative estimate of drug-likeness (QED) is 0.310. The minimum atomic E-state index is -0.538. The summed E-state index contributed by atoms with van der Waals surface area (Å²) in [6, 6.07) is 8.88. The summed E-state index contributed by atoms with van der Waals surface area (Å²) in [6.07, 6.45) is 2.98. The summed E-state index contributed by atoms with van der Waals surface area (Å²) < 4.78 is 27.7. The zero-order chi connectivity index (χ0) is 25.9. The molecule has 2 fully saturated rings. The van der Waals surface area contributed by atoms with Gasteiger partial charge in [-0.1, -0.05) is 51.2 Å². The van der Waals surface area contributed by atoms with Gasteiger partial charge in [-0.3, -0.25) is 14.7 Å². The number of amides is 1. The summed E-state index contributed by atoms with van der Waals surface area (Å²) in [5.41, 5.74) is 1.39. The van der Waals surface area contributed by atoms with Crippen LogP contribution < -0.4 is 10.1 Å². The van der Waals surface area contributed by atoms with Crippen molar-refractivity contribution in [1.82, 2.24) is 14.8 Å². The van der Waals surface area contributed by atoms with Crippen molar-refractivity contribution in [2.45, 2.75) is 46.4 Å². The van der Waals surface area contributed by atoms with E-state index in [1.165, 1.54) is 6.07 Å². The van der Waals surface area contributed by atoms with E-state index >= 15 is 0 Å². The molecule has 0 bridgehead atoms. The lowest BCUT2D eigenvalue weighted by Crippen LogP contribution is -2.58. The average molecular weight is 722 g/mol. The van der Waals surface area contributed by atoms with Crippen molar-refractivity contribution in [2.75, 3.05) is 45.1 Å². The first-order valence-electron chi connectivity index (χ1n) is 12.3. The average Bonchev–Trinajstić information content (AvgIpc) is 2.85. The third-order valence-corrected chi connectivity index (χ3v) is 7.41. The fourth-order valence-corrected chi connectivity index (χ4v) is 6.09. The maximum atomic E-state index is 14.9. The molecule has 0 radical (unpaired) electrons. The summed E-state index contributed by atoms with van der Waals surface area (Å²) >= 11 is 4.90. The molecular weight excluding hydrogens is 689 g/mol. The fourth-order valence-electron chi connectivity index (χ4n) is 4.97. The standard InChI is InChI=1S/C26H33FI2N4O3/c1-17(2)35-24-19(27)12-18(13-21(24)30-3)25(34)33-10-7-26(8-11-33)16-32(15-23(28)29)14-22(36-26)20-6-4-5-9-31-20/h4-6,9,12-13,17,22-23,30H,7-8,10-11,14-16H2,1-3H3. The van der Waals surface area contributed by atoms with E-state index in [-0.39, 0.29) is 29.5 Å². The predicted octanol–water partition coefficient (Wildman–Crippen LogP) is 5.29. The van der Waals surface area contributed by atoms with Gasteiger partial charge in [0.05, 0.1) is 25.0 Å². The molecule has 2 aliphatic heterocycles. The van der Waals surface area contributed by atoms with Gasteiger partial charge < -0.3 is 19.7 Å². The number of alkyl halides is 2. The molecule has 2 saturated heterocycles. The number of rotatable bonds is 7. The number of nitrogens with one attached hydrogen (secondary N) is 1. The molecule has 1 atom stereocenters. The molecule has 0 saturated carbocycles. The Morgan fingerprint density at radius 2 is 2.06 bits per heavy atom. The fraction of sp³-hybridized carbons (Fsp3) is 0.538. The highest BCUT2D eigenvalue weighted by atomic mass is 127. The number of anilines is 1. The second-order valence-electron chi connectivity index (χ2n) is 9.67. The molecule has 2 aromatic rings. The van der Waals surface area contributed by atoms with Crippen molar-refractivity contribution >= 4 is 56.8 Å². The van der Waals surface area contributed by atoms with Gasteiger partial charge in [-0.15, -0.1) is 0 Å². The number of ether oxygens (including phenoxy) is 2. The lowest BCUT2D eigenvalue weighted by Gasteiger charge is -2.50. The Labute approximate surface area is 239 Å². The van der Waals surface area contributed by atoms with E-state index in [4.69, 9.17) is 9.47 Å². The number of carbonyl (C=O) groups is 1. The Bertz CT molecular complexity index is 1050. The number of morpholine rings is 1. The molecule has 3 heterocycles. The molecule has 196 valence electrons. The zero-order valence-corrected chi connectivity index (χ0v) is 25.2. The highest BCUT2D eigenvalue weighted by molar-refractivity contribution is 14.2. The first-order chi connectivity index (χ1) is 17.2. The topological polar surface area (TPSA) is 66.9 Å². The van der Waals surface area contributed by atoms with Crippen LogP contribution in [0.4, 0.5) is 10.1 Å². The maximum Gasteiger partial charge on any atom is 0.254 e. The van der Waals surface area contributed by atoms with Gasteiger partial charge in [-0.25, -0.2) is 4.39 Å². The molecule has 1 unspecified atom stereocenters. The van der Waals surface area contributed by atoms with E-state index in [0.29, 0.717) is 26.3 Å². The lowest BCUT2D eigenvalue weighted by atomic mass is 9.88. The molecule has 36 heavy (non-hydrogen) atoms. The van der Waals surface area contributed by atoms with Gasteiger partial charge in [0.2, 0.25) is 0 Å².